The van der Waals surface area contributed by atoms with Crippen molar-refractivity contribution in [2.75, 3.05) is 26.2 Å². The molecule has 0 aromatic carbocycles. The maximum Gasteiger partial charge on any atom is 0.409 e. The summed E-state index contributed by atoms with van der Waals surface area (Å²) in [5, 5.41) is 4.55. The predicted molar refractivity (Wildman–Crippen MR) is 75.5 cm³/mol. The number of hydrogen-bond acceptors (Lipinski definition) is 5. The van der Waals surface area contributed by atoms with Gasteiger partial charge in [0.1, 0.15) is 11.6 Å². The number of ether oxygens (including phenoxy) is 1. The van der Waals surface area contributed by atoms with E-state index in [1.165, 1.54) is 4.88 Å². The van der Waals surface area contributed by atoms with Crippen molar-refractivity contribution in [2.24, 2.45) is 0 Å². The molecule has 0 saturated carbocycles. The number of aryl methyl sites for hydroxylation is 2. The lowest BCUT2D eigenvalue weighted by molar-refractivity contribution is 0.158. The van der Waals surface area contributed by atoms with Crippen molar-refractivity contribution in [1.82, 2.24) is 15.2 Å². The SMILES string of the molecule is Cc1nc(C(C)(C)NCCN2CCOC2=O)sc1C. The summed E-state index contributed by atoms with van der Waals surface area (Å²) in [7, 11) is 0. The van der Waals surface area contributed by atoms with E-state index in [0.29, 0.717) is 19.7 Å². The summed E-state index contributed by atoms with van der Waals surface area (Å²) >= 11 is 1.73. The summed E-state index contributed by atoms with van der Waals surface area (Å²) in [6, 6.07) is 0. The standard InChI is InChI=1S/C13H21N3O2S/c1-9-10(2)19-11(15-9)13(3,4)14-5-6-16-7-8-18-12(16)17/h14H,5-8H2,1-4H3. The number of hydrogen-bond donors (Lipinski definition) is 1. The second kappa shape index (κ2) is 5.46. The summed E-state index contributed by atoms with van der Waals surface area (Å²) < 4.78 is 4.90. The second-order valence-corrected chi connectivity index (χ2v) is 6.52. The van der Waals surface area contributed by atoms with Crippen LogP contribution in [-0.2, 0) is 10.3 Å². The Morgan fingerprint density at radius 1 is 1.47 bits per heavy atom. The van der Waals surface area contributed by atoms with Crippen molar-refractivity contribution in [3.8, 4) is 0 Å². The monoisotopic (exact) mass is 283 g/mol. The summed E-state index contributed by atoms with van der Waals surface area (Å²) in [6.45, 7) is 11.0. The van der Waals surface area contributed by atoms with Crippen molar-refractivity contribution in [1.29, 1.82) is 0 Å². The third-order valence-electron chi connectivity index (χ3n) is 3.36. The zero-order valence-corrected chi connectivity index (χ0v) is 12.8. The third kappa shape index (κ3) is 3.25. The molecule has 5 nitrogen and oxygen atoms in total. The number of nitrogens with zero attached hydrogens (tertiary/aromatic N) is 2. The Kier molecular flexibility index (Phi) is 4.10. The molecule has 2 rings (SSSR count). The van der Waals surface area contributed by atoms with Crippen LogP contribution in [0.3, 0.4) is 0 Å². The molecule has 6 heteroatoms. The first kappa shape index (κ1) is 14.3. The summed E-state index contributed by atoms with van der Waals surface area (Å²) in [4.78, 5) is 18.9. The van der Waals surface area contributed by atoms with E-state index in [4.69, 9.17) is 4.74 Å². The van der Waals surface area contributed by atoms with Crippen LogP contribution in [-0.4, -0.2) is 42.2 Å². The number of nitrogens with one attached hydrogen (secondary N) is 1. The van der Waals surface area contributed by atoms with Crippen LogP contribution in [0.5, 0.6) is 0 Å². The molecule has 0 spiro atoms. The van der Waals surface area contributed by atoms with Gasteiger partial charge in [-0.05, 0) is 27.7 Å². The van der Waals surface area contributed by atoms with Gasteiger partial charge < -0.3 is 15.0 Å². The molecule has 1 aliphatic rings. The molecular formula is C13H21N3O2S. The van der Waals surface area contributed by atoms with Crippen LogP contribution in [0.4, 0.5) is 4.79 Å². The molecule has 0 unspecified atom stereocenters. The molecular weight excluding hydrogens is 262 g/mol. The molecule has 106 valence electrons. The van der Waals surface area contributed by atoms with Crippen LogP contribution >= 0.6 is 11.3 Å². The fourth-order valence-corrected chi connectivity index (χ4v) is 2.94. The van der Waals surface area contributed by atoms with Crippen LogP contribution in [0.25, 0.3) is 0 Å². The van der Waals surface area contributed by atoms with Gasteiger partial charge in [-0.25, -0.2) is 9.78 Å². The van der Waals surface area contributed by atoms with E-state index in [1.807, 2.05) is 6.92 Å². The molecule has 1 aromatic rings. The molecule has 0 aliphatic carbocycles. The zero-order valence-electron chi connectivity index (χ0n) is 11.9. The molecule has 0 bridgehead atoms. The molecule has 1 saturated heterocycles. The van der Waals surface area contributed by atoms with Gasteiger partial charge in [0.25, 0.3) is 0 Å². The average molecular weight is 283 g/mol. The number of thiazole rings is 1. The summed E-state index contributed by atoms with van der Waals surface area (Å²) in [6.07, 6.45) is -0.208. The van der Waals surface area contributed by atoms with Crippen LogP contribution in [0.1, 0.15) is 29.4 Å². The van der Waals surface area contributed by atoms with Crippen molar-refractivity contribution in [2.45, 2.75) is 33.2 Å². The van der Waals surface area contributed by atoms with E-state index >= 15 is 0 Å². The first-order valence-electron chi connectivity index (χ1n) is 6.51. The number of cyclic esters (lactones) is 1. The Balaban J connectivity index is 1.88. The largest absolute Gasteiger partial charge is 0.448 e. The Hall–Kier alpha value is -1.14. The molecule has 1 aromatic heterocycles. The van der Waals surface area contributed by atoms with Gasteiger partial charge in [0.15, 0.2) is 0 Å². The second-order valence-electron chi connectivity index (χ2n) is 5.31. The number of carbonyl (C=O) groups is 1. The summed E-state index contributed by atoms with van der Waals surface area (Å²) in [5.74, 6) is 0. The number of amides is 1. The maximum atomic E-state index is 11.3. The van der Waals surface area contributed by atoms with Gasteiger partial charge >= 0.3 is 6.09 Å². The van der Waals surface area contributed by atoms with E-state index in [9.17, 15) is 4.79 Å². The Morgan fingerprint density at radius 2 is 2.21 bits per heavy atom. The number of aromatic nitrogens is 1. The van der Waals surface area contributed by atoms with E-state index in [1.54, 1.807) is 16.2 Å². The third-order valence-corrected chi connectivity index (χ3v) is 4.75. The quantitative estimate of drug-likeness (QED) is 0.898. The van der Waals surface area contributed by atoms with Gasteiger partial charge in [-0.1, -0.05) is 0 Å². The Labute approximate surface area is 118 Å². The van der Waals surface area contributed by atoms with Crippen molar-refractivity contribution < 1.29 is 9.53 Å². The lowest BCUT2D eigenvalue weighted by Crippen LogP contribution is -2.41. The zero-order chi connectivity index (χ0) is 14.0. The van der Waals surface area contributed by atoms with E-state index < -0.39 is 0 Å². The van der Waals surface area contributed by atoms with Gasteiger partial charge in [-0.2, -0.15) is 0 Å². The molecule has 0 atom stereocenters. The highest BCUT2D eigenvalue weighted by molar-refractivity contribution is 7.11. The summed E-state index contributed by atoms with van der Waals surface area (Å²) in [5.41, 5.74) is 0.922. The molecule has 1 aliphatic heterocycles. The minimum absolute atomic E-state index is 0.173. The average Bonchev–Trinajstić information content (AvgIpc) is 2.88. The van der Waals surface area contributed by atoms with E-state index in [2.05, 4.69) is 31.1 Å². The minimum Gasteiger partial charge on any atom is -0.448 e. The molecule has 1 fully saturated rings. The van der Waals surface area contributed by atoms with Crippen molar-refractivity contribution >= 4 is 17.4 Å². The van der Waals surface area contributed by atoms with Gasteiger partial charge in [-0.15, -0.1) is 11.3 Å². The lowest BCUT2D eigenvalue weighted by atomic mass is 10.1. The van der Waals surface area contributed by atoms with E-state index in [-0.39, 0.29) is 11.6 Å². The maximum absolute atomic E-state index is 11.3. The highest BCUT2D eigenvalue weighted by Gasteiger charge is 2.26. The smallest absolute Gasteiger partial charge is 0.409 e. The molecule has 1 amide bonds. The molecule has 0 radical (unpaired) electrons. The number of rotatable bonds is 5. The number of carbonyl (C=O) groups excluding carboxylic acids is 1. The highest BCUT2D eigenvalue weighted by atomic mass is 32.1. The molecule has 19 heavy (non-hydrogen) atoms. The van der Waals surface area contributed by atoms with Gasteiger partial charge in [0.2, 0.25) is 0 Å². The van der Waals surface area contributed by atoms with Gasteiger partial charge in [0.05, 0.1) is 17.8 Å². The molecule has 2 heterocycles. The molecule has 1 N–H and O–H groups in total. The lowest BCUT2D eigenvalue weighted by Gasteiger charge is -2.25. The van der Waals surface area contributed by atoms with Gasteiger partial charge in [0, 0.05) is 18.0 Å². The fourth-order valence-electron chi connectivity index (χ4n) is 1.95. The van der Waals surface area contributed by atoms with Crippen LogP contribution < -0.4 is 5.32 Å². The van der Waals surface area contributed by atoms with Crippen molar-refractivity contribution in [3.05, 3.63) is 15.6 Å². The Bertz CT molecular complexity index is 451. The first-order valence-corrected chi connectivity index (χ1v) is 7.33. The first-order chi connectivity index (χ1) is 8.90. The Morgan fingerprint density at radius 3 is 2.74 bits per heavy atom. The van der Waals surface area contributed by atoms with Crippen LogP contribution in [0.2, 0.25) is 0 Å². The van der Waals surface area contributed by atoms with Crippen molar-refractivity contribution in [3.63, 3.8) is 0 Å². The minimum atomic E-state index is -0.208. The highest BCUT2D eigenvalue weighted by Crippen LogP contribution is 2.26. The van der Waals surface area contributed by atoms with Gasteiger partial charge in [-0.3, -0.25) is 0 Å². The van der Waals surface area contributed by atoms with Crippen LogP contribution in [0, 0.1) is 13.8 Å². The fraction of sp³-hybridized carbons (Fsp3) is 0.692. The predicted octanol–water partition coefficient (Wildman–Crippen LogP) is 2.04. The normalized spacial score (nSPS) is 16.0. The van der Waals surface area contributed by atoms with Crippen LogP contribution in [0.15, 0.2) is 0 Å². The van der Waals surface area contributed by atoms with E-state index in [0.717, 1.165) is 17.2 Å². The topological polar surface area (TPSA) is 54.5 Å².